The molecule has 84 valence electrons. The summed E-state index contributed by atoms with van der Waals surface area (Å²) in [5.41, 5.74) is 0. The van der Waals surface area contributed by atoms with Crippen molar-refractivity contribution in [2.24, 2.45) is 5.92 Å². The minimum atomic E-state index is 0.798. The Bertz CT molecular complexity index is 135. The molecule has 0 aliphatic carbocycles. The van der Waals surface area contributed by atoms with Crippen molar-refractivity contribution in [2.45, 2.75) is 31.4 Å². The molecule has 0 amide bonds. The van der Waals surface area contributed by atoms with Gasteiger partial charge in [0.2, 0.25) is 0 Å². The first-order valence-electron chi connectivity index (χ1n) is 5.77. The second-order valence-electron chi connectivity index (χ2n) is 4.25. The number of piperidine rings is 1. The molecular formula is C11H24N2S. The molecule has 2 atom stereocenters. The summed E-state index contributed by atoms with van der Waals surface area (Å²) >= 11 is 1.96. The monoisotopic (exact) mass is 216 g/mol. The maximum atomic E-state index is 3.57. The highest BCUT2D eigenvalue weighted by Gasteiger charge is 2.11. The van der Waals surface area contributed by atoms with E-state index in [1.807, 2.05) is 11.8 Å². The van der Waals surface area contributed by atoms with E-state index in [2.05, 4.69) is 23.8 Å². The van der Waals surface area contributed by atoms with Crippen LogP contribution in [0.2, 0.25) is 0 Å². The van der Waals surface area contributed by atoms with Gasteiger partial charge in [-0.1, -0.05) is 6.92 Å². The first-order chi connectivity index (χ1) is 6.83. The molecule has 1 aliphatic rings. The van der Waals surface area contributed by atoms with Crippen LogP contribution in [0.25, 0.3) is 0 Å². The van der Waals surface area contributed by atoms with Gasteiger partial charge >= 0.3 is 0 Å². The second kappa shape index (κ2) is 7.55. The third-order valence-corrected chi connectivity index (χ3v) is 4.00. The summed E-state index contributed by atoms with van der Waals surface area (Å²) in [5.74, 6) is 0.869. The predicted molar refractivity (Wildman–Crippen MR) is 66.1 cm³/mol. The summed E-state index contributed by atoms with van der Waals surface area (Å²) < 4.78 is 0. The van der Waals surface area contributed by atoms with Crippen molar-refractivity contribution in [3.8, 4) is 0 Å². The van der Waals surface area contributed by atoms with E-state index in [0.29, 0.717) is 0 Å². The van der Waals surface area contributed by atoms with Crippen LogP contribution in [0.1, 0.15) is 26.2 Å². The van der Waals surface area contributed by atoms with E-state index in [1.165, 1.54) is 45.4 Å². The van der Waals surface area contributed by atoms with Gasteiger partial charge < -0.3 is 10.6 Å². The average Bonchev–Trinajstić information content (AvgIpc) is 2.25. The molecule has 1 rings (SSSR count). The molecule has 0 saturated carbocycles. The highest BCUT2D eigenvalue weighted by molar-refractivity contribution is 7.99. The summed E-state index contributed by atoms with van der Waals surface area (Å²) in [6.07, 6.45) is 6.24. The Morgan fingerprint density at radius 2 is 2.43 bits per heavy atom. The van der Waals surface area contributed by atoms with E-state index in [1.54, 1.807) is 0 Å². The molecule has 2 unspecified atom stereocenters. The van der Waals surface area contributed by atoms with Crippen molar-refractivity contribution in [1.29, 1.82) is 0 Å². The quantitative estimate of drug-likeness (QED) is 0.661. The molecule has 0 radical (unpaired) electrons. The second-order valence-corrected chi connectivity index (χ2v) is 5.53. The lowest BCUT2D eigenvalue weighted by atomic mass is 10.00. The Labute approximate surface area is 92.6 Å². The summed E-state index contributed by atoms with van der Waals surface area (Å²) in [4.78, 5) is 0. The lowest BCUT2D eigenvalue weighted by Crippen LogP contribution is -2.36. The molecule has 1 heterocycles. The van der Waals surface area contributed by atoms with E-state index in [0.717, 1.165) is 11.2 Å². The normalized spacial score (nSPS) is 24.9. The molecule has 1 fully saturated rings. The number of nitrogens with one attached hydrogen (secondary N) is 2. The number of hydrogen-bond acceptors (Lipinski definition) is 3. The number of hydrogen-bond donors (Lipinski definition) is 2. The van der Waals surface area contributed by atoms with E-state index in [-0.39, 0.29) is 0 Å². The topological polar surface area (TPSA) is 24.1 Å². The molecular weight excluding hydrogens is 192 g/mol. The molecule has 1 saturated heterocycles. The highest BCUT2D eigenvalue weighted by atomic mass is 32.2. The molecule has 14 heavy (non-hydrogen) atoms. The van der Waals surface area contributed by atoms with Gasteiger partial charge in [-0.25, -0.2) is 0 Å². The van der Waals surface area contributed by atoms with Crippen LogP contribution in [-0.4, -0.2) is 37.7 Å². The fraction of sp³-hybridized carbons (Fsp3) is 1.00. The van der Waals surface area contributed by atoms with Crippen LogP contribution in [0.4, 0.5) is 0 Å². The maximum absolute atomic E-state index is 3.57. The van der Waals surface area contributed by atoms with Crippen LogP contribution in [0.5, 0.6) is 0 Å². The van der Waals surface area contributed by atoms with E-state index in [9.17, 15) is 0 Å². The SMILES string of the molecule is CSC(C)CCNCC1CCCNC1. The van der Waals surface area contributed by atoms with Gasteiger partial charge in [-0.15, -0.1) is 0 Å². The molecule has 3 heteroatoms. The molecule has 2 nitrogen and oxygen atoms in total. The van der Waals surface area contributed by atoms with Crippen molar-refractivity contribution >= 4 is 11.8 Å². The first-order valence-corrected chi connectivity index (χ1v) is 7.06. The minimum absolute atomic E-state index is 0.798. The third kappa shape index (κ3) is 5.23. The zero-order valence-electron chi connectivity index (χ0n) is 9.51. The van der Waals surface area contributed by atoms with Crippen molar-refractivity contribution in [3.63, 3.8) is 0 Å². The van der Waals surface area contributed by atoms with E-state index >= 15 is 0 Å². The van der Waals surface area contributed by atoms with Crippen LogP contribution in [-0.2, 0) is 0 Å². The molecule has 0 aromatic rings. The maximum Gasteiger partial charge on any atom is 0.00280 e. The fourth-order valence-corrected chi connectivity index (χ4v) is 2.18. The first kappa shape index (κ1) is 12.3. The van der Waals surface area contributed by atoms with E-state index < -0.39 is 0 Å². The predicted octanol–water partition coefficient (Wildman–Crippen LogP) is 1.72. The lowest BCUT2D eigenvalue weighted by molar-refractivity contribution is 0.360. The van der Waals surface area contributed by atoms with Crippen molar-refractivity contribution < 1.29 is 0 Å². The summed E-state index contributed by atoms with van der Waals surface area (Å²) in [7, 11) is 0. The Morgan fingerprint density at radius 3 is 3.07 bits per heavy atom. The van der Waals surface area contributed by atoms with Gasteiger partial charge in [-0.2, -0.15) is 11.8 Å². The van der Waals surface area contributed by atoms with Gasteiger partial charge in [-0.3, -0.25) is 0 Å². The van der Waals surface area contributed by atoms with Crippen LogP contribution >= 0.6 is 11.8 Å². The molecule has 2 N–H and O–H groups in total. The number of thioether (sulfide) groups is 1. The van der Waals surface area contributed by atoms with Gasteiger partial charge in [0.15, 0.2) is 0 Å². The van der Waals surface area contributed by atoms with Crippen LogP contribution in [0.3, 0.4) is 0 Å². The van der Waals surface area contributed by atoms with Crippen molar-refractivity contribution in [3.05, 3.63) is 0 Å². The zero-order valence-corrected chi connectivity index (χ0v) is 10.3. The third-order valence-electron chi connectivity index (χ3n) is 2.96. The molecule has 1 aliphatic heterocycles. The van der Waals surface area contributed by atoms with Crippen molar-refractivity contribution in [2.75, 3.05) is 32.4 Å². The fourth-order valence-electron chi connectivity index (χ4n) is 1.83. The lowest BCUT2D eigenvalue weighted by Gasteiger charge is -2.23. The zero-order chi connectivity index (χ0) is 10.2. The largest absolute Gasteiger partial charge is 0.316 e. The van der Waals surface area contributed by atoms with E-state index in [4.69, 9.17) is 0 Å². The Hall–Kier alpha value is 0.270. The smallest absolute Gasteiger partial charge is 0.00280 e. The molecule has 0 aromatic heterocycles. The molecule has 0 spiro atoms. The van der Waals surface area contributed by atoms with Gasteiger partial charge in [0, 0.05) is 5.25 Å². The Kier molecular flexibility index (Phi) is 6.65. The van der Waals surface area contributed by atoms with Crippen LogP contribution in [0.15, 0.2) is 0 Å². The highest BCUT2D eigenvalue weighted by Crippen LogP contribution is 2.10. The Morgan fingerprint density at radius 1 is 1.57 bits per heavy atom. The summed E-state index contributed by atoms with van der Waals surface area (Å²) in [5, 5.41) is 7.82. The standard InChI is InChI=1S/C11H24N2S/c1-10(14-2)5-7-13-9-11-4-3-6-12-8-11/h10-13H,3-9H2,1-2H3. The molecule has 0 aromatic carbocycles. The molecule has 0 bridgehead atoms. The average molecular weight is 216 g/mol. The summed E-state index contributed by atoms with van der Waals surface area (Å²) in [6.45, 7) is 7.12. The van der Waals surface area contributed by atoms with Gasteiger partial charge in [0.05, 0.1) is 0 Å². The van der Waals surface area contributed by atoms with Gasteiger partial charge in [0.25, 0.3) is 0 Å². The Balaban J connectivity index is 1.92. The van der Waals surface area contributed by atoms with Gasteiger partial charge in [-0.05, 0) is 57.6 Å². The number of rotatable bonds is 6. The van der Waals surface area contributed by atoms with Crippen LogP contribution in [0, 0.1) is 5.92 Å². The van der Waals surface area contributed by atoms with Crippen molar-refractivity contribution in [1.82, 2.24) is 10.6 Å². The summed E-state index contributed by atoms with van der Waals surface area (Å²) in [6, 6.07) is 0. The minimum Gasteiger partial charge on any atom is -0.316 e. The van der Waals surface area contributed by atoms with Crippen LogP contribution < -0.4 is 10.6 Å². The van der Waals surface area contributed by atoms with Gasteiger partial charge in [0.1, 0.15) is 0 Å².